The summed E-state index contributed by atoms with van der Waals surface area (Å²) in [5, 5.41) is 18.4. The molecular weight excluding hydrogens is 254 g/mol. The van der Waals surface area contributed by atoms with Crippen LogP contribution >= 0.6 is 0 Å². The lowest BCUT2D eigenvalue weighted by molar-refractivity contribution is 0.0697. The van der Waals surface area contributed by atoms with Crippen molar-refractivity contribution in [3.8, 4) is 5.75 Å². The Balaban J connectivity index is 2.16. The highest BCUT2D eigenvalue weighted by atomic mass is 16.4. The second kappa shape index (κ2) is 6.10. The van der Waals surface area contributed by atoms with Crippen molar-refractivity contribution >= 4 is 11.7 Å². The van der Waals surface area contributed by atoms with Gasteiger partial charge in [-0.25, -0.2) is 4.79 Å². The van der Waals surface area contributed by atoms with Crippen LogP contribution in [-0.4, -0.2) is 22.7 Å². The summed E-state index contributed by atoms with van der Waals surface area (Å²) >= 11 is 0. The Labute approximate surface area is 117 Å². The van der Waals surface area contributed by atoms with Gasteiger partial charge in [-0.3, -0.25) is 0 Å². The maximum atomic E-state index is 10.8. The van der Waals surface area contributed by atoms with E-state index < -0.39 is 5.97 Å². The molecule has 0 saturated carbocycles. The second-order valence-electron chi connectivity index (χ2n) is 4.54. The van der Waals surface area contributed by atoms with E-state index in [9.17, 15) is 9.90 Å². The Morgan fingerprint density at radius 2 is 1.85 bits per heavy atom. The van der Waals surface area contributed by atoms with Crippen molar-refractivity contribution in [1.82, 2.24) is 0 Å². The van der Waals surface area contributed by atoms with Crippen LogP contribution in [0.5, 0.6) is 5.75 Å². The van der Waals surface area contributed by atoms with Crippen LogP contribution in [0.4, 0.5) is 5.69 Å². The first-order valence-electron chi connectivity index (χ1n) is 6.46. The Kier molecular flexibility index (Phi) is 4.25. The summed E-state index contributed by atoms with van der Waals surface area (Å²) < 4.78 is 0. The first-order valence-corrected chi connectivity index (χ1v) is 6.46. The molecule has 2 aromatic carbocycles. The predicted molar refractivity (Wildman–Crippen MR) is 78.2 cm³/mol. The number of anilines is 1. The topological polar surface area (TPSA) is 60.8 Å². The minimum atomic E-state index is -0.920. The first-order chi connectivity index (χ1) is 9.60. The fourth-order valence-electron chi connectivity index (χ4n) is 2.05. The van der Waals surface area contributed by atoms with Gasteiger partial charge in [0.15, 0.2) is 0 Å². The average Bonchev–Trinajstić information content (AvgIpc) is 2.45. The fourth-order valence-corrected chi connectivity index (χ4v) is 2.05. The number of benzene rings is 2. The van der Waals surface area contributed by atoms with Crippen LogP contribution in [0.25, 0.3) is 0 Å². The molecule has 0 fully saturated rings. The van der Waals surface area contributed by atoms with Crippen LogP contribution in [0.2, 0.25) is 0 Å². The summed E-state index contributed by atoms with van der Waals surface area (Å²) in [6.45, 7) is 3.50. The molecule has 4 nitrogen and oxygen atoms in total. The van der Waals surface area contributed by atoms with Crippen molar-refractivity contribution < 1.29 is 15.0 Å². The van der Waals surface area contributed by atoms with E-state index in [1.165, 1.54) is 0 Å². The molecule has 0 unspecified atom stereocenters. The highest BCUT2D eigenvalue weighted by Crippen LogP contribution is 2.21. The van der Waals surface area contributed by atoms with Crippen molar-refractivity contribution in [2.24, 2.45) is 0 Å². The van der Waals surface area contributed by atoms with Gasteiger partial charge in [-0.15, -0.1) is 0 Å². The van der Waals surface area contributed by atoms with Crippen molar-refractivity contribution in [2.45, 2.75) is 13.5 Å². The summed E-state index contributed by atoms with van der Waals surface area (Å²) in [6.07, 6.45) is 0. The standard InChI is InChI=1S/C16H17NO3/c1-2-17(14-4-3-5-15(18)10-14)11-12-6-8-13(9-7-12)16(19)20/h3-10,18H,2,11H2,1H3,(H,19,20). The van der Waals surface area contributed by atoms with Gasteiger partial charge < -0.3 is 15.1 Å². The summed E-state index contributed by atoms with van der Waals surface area (Å²) in [7, 11) is 0. The number of carboxylic acids is 1. The van der Waals surface area contributed by atoms with Crippen molar-refractivity contribution in [3.63, 3.8) is 0 Å². The zero-order valence-corrected chi connectivity index (χ0v) is 11.3. The zero-order valence-electron chi connectivity index (χ0n) is 11.3. The molecule has 0 aliphatic heterocycles. The minimum absolute atomic E-state index is 0.238. The average molecular weight is 271 g/mol. The van der Waals surface area contributed by atoms with E-state index in [0.717, 1.165) is 17.8 Å². The SMILES string of the molecule is CCN(Cc1ccc(C(=O)O)cc1)c1cccc(O)c1. The van der Waals surface area contributed by atoms with Gasteiger partial charge in [-0.1, -0.05) is 18.2 Å². The number of aromatic hydroxyl groups is 1. The van der Waals surface area contributed by atoms with Gasteiger partial charge in [0, 0.05) is 24.8 Å². The molecular formula is C16H17NO3. The molecule has 0 aromatic heterocycles. The third-order valence-electron chi connectivity index (χ3n) is 3.15. The molecule has 0 heterocycles. The minimum Gasteiger partial charge on any atom is -0.508 e. The molecule has 20 heavy (non-hydrogen) atoms. The van der Waals surface area contributed by atoms with Gasteiger partial charge in [-0.05, 0) is 36.8 Å². The van der Waals surface area contributed by atoms with E-state index in [0.29, 0.717) is 6.54 Å². The number of carboxylic acid groups (broad SMARTS) is 1. The van der Waals surface area contributed by atoms with Gasteiger partial charge in [0.25, 0.3) is 0 Å². The number of phenolic OH excluding ortho intramolecular Hbond substituents is 1. The van der Waals surface area contributed by atoms with Gasteiger partial charge in [0.1, 0.15) is 5.75 Å². The van der Waals surface area contributed by atoms with Gasteiger partial charge in [0.05, 0.1) is 5.56 Å². The summed E-state index contributed by atoms with van der Waals surface area (Å²) in [5.41, 5.74) is 2.25. The monoisotopic (exact) mass is 271 g/mol. The molecule has 0 radical (unpaired) electrons. The smallest absolute Gasteiger partial charge is 0.335 e. The molecule has 0 amide bonds. The molecule has 2 N–H and O–H groups in total. The maximum absolute atomic E-state index is 10.8. The number of aromatic carboxylic acids is 1. The molecule has 0 spiro atoms. The lowest BCUT2D eigenvalue weighted by atomic mass is 10.1. The molecule has 0 aliphatic rings. The third-order valence-corrected chi connectivity index (χ3v) is 3.15. The summed E-state index contributed by atoms with van der Waals surface area (Å²) in [4.78, 5) is 12.9. The molecule has 2 aromatic rings. The molecule has 0 saturated heterocycles. The number of hydrogen-bond acceptors (Lipinski definition) is 3. The van der Waals surface area contributed by atoms with Crippen molar-refractivity contribution in [1.29, 1.82) is 0 Å². The van der Waals surface area contributed by atoms with E-state index in [1.54, 1.807) is 30.3 Å². The lowest BCUT2D eigenvalue weighted by Gasteiger charge is -2.23. The number of rotatable bonds is 5. The Morgan fingerprint density at radius 1 is 1.15 bits per heavy atom. The Bertz CT molecular complexity index is 593. The van der Waals surface area contributed by atoms with Gasteiger partial charge in [-0.2, -0.15) is 0 Å². The van der Waals surface area contributed by atoms with Crippen LogP contribution in [0.15, 0.2) is 48.5 Å². The van der Waals surface area contributed by atoms with Crippen LogP contribution in [0.1, 0.15) is 22.8 Å². The van der Waals surface area contributed by atoms with Crippen LogP contribution in [0.3, 0.4) is 0 Å². The van der Waals surface area contributed by atoms with Crippen LogP contribution < -0.4 is 4.90 Å². The fraction of sp³-hybridized carbons (Fsp3) is 0.188. The number of carbonyl (C=O) groups is 1. The largest absolute Gasteiger partial charge is 0.508 e. The van der Waals surface area contributed by atoms with Crippen LogP contribution in [-0.2, 0) is 6.54 Å². The maximum Gasteiger partial charge on any atom is 0.335 e. The normalized spacial score (nSPS) is 10.2. The zero-order chi connectivity index (χ0) is 14.5. The van der Waals surface area contributed by atoms with Gasteiger partial charge >= 0.3 is 5.97 Å². The number of nitrogens with zero attached hydrogens (tertiary/aromatic N) is 1. The van der Waals surface area contributed by atoms with Crippen molar-refractivity contribution in [2.75, 3.05) is 11.4 Å². The van der Waals surface area contributed by atoms with E-state index in [-0.39, 0.29) is 11.3 Å². The Morgan fingerprint density at radius 3 is 2.40 bits per heavy atom. The second-order valence-corrected chi connectivity index (χ2v) is 4.54. The van der Waals surface area contributed by atoms with E-state index in [1.807, 2.05) is 25.1 Å². The first kappa shape index (κ1) is 13.9. The van der Waals surface area contributed by atoms with E-state index >= 15 is 0 Å². The lowest BCUT2D eigenvalue weighted by Crippen LogP contribution is -2.21. The molecule has 4 heteroatoms. The molecule has 0 aliphatic carbocycles. The molecule has 0 bridgehead atoms. The van der Waals surface area contributed by atoms with Crippen molar-refractivity contribution in [3.05, 3.63) is 59.7 Å². The van der Waals surface area contributed by atoms with Crippen LogP contribution in [0, 0.1) is 0 Å². The number of hydrogen-bond donors (Lipinski definition) is 2. The van der Waals surface area contributed by atoms with E-state index in [4.69, 9.17) is 5.11 Å². The molecule has 104 valence electrons. The summed E-state index contributed by atoms with van der Waals surface area (Å²) in [5.74, 6) is -0.681. The molecule has 0 atom stereocenters. The quantitative estimate of drug-likeness (QED) is 0.877. The predicted octanol–water partition coefficient (Wildman–Crippen LogP) is 3.12. The highest BCUT2D eigenvalue weighted by Gasteiger charge is 2.07. The van der Waals surface area contributed by atoms with E-state index in [2.05, 4.69) is 4.90 Å². The number of phenols is 1. The third kappa shape index (κ3) is 3.29. The molecule has 2 rings (SSSR count). The Hall–Kier alpha value is -2.49. The highest BCUT2D eigenvalue weighted by molar-refractivity contribution is 5.87. The summed E-state index contributed by atoms with van der Waals surface area (Å²) in [6, 6.07) is 13.9. The van der Waals surface area contributed by atoms with Gasteiger partial charge in [0.2, 0.25) is 0 Å².